The molecule has 2 N–H and O–H groups in total. The summed E-state index contributed by atoms with van der Waals surface area (Å²) < 4.78 is 5.31. The van der Waals surface area contributed by atoms with Crippen LogP contribution in [0.5, 0.6) is 0 Å². The highest BCUT2D eigenvalue weighted by Crippen LogP contribution is 2.52. The van der Waals surface area contributed by atoms with Gasteiger partial charge in [0.05, 0.1) is 12.5 Å². The Morgan fingerprint density at radius 3 is 2.30 bits per heavy atom. The second-order valence-corrected chi connectivity index (χ2v) is 12.0. The quantitative estimate of drug-likeness (QED) is 0.399. The number of piperazine rings is 1. The van der Waals surface area contributed by atoms with E-state index in [9.17, 15) is 24.3 Å². The summed E-state index contributed by atoms with van der Waals surface area (Å²) in [6.45, 7) is 5.09. The molecule has 2 aliphatic heterocycles. The molecule has 2 saturated carbocycles. The molecule has 3 heterocycles. The fraction of sp³-hybridized carbons (Fsp3) is 0.548. The lowest BCUT2D eigenvalue weighted by atomic mass is 10.1. The number of fused-ring (bicyclic) bond motifs is 1. The van der Waals surface area contributed by atoms with Crippen molar-refractivity contribution in [3.63, 3.8) is 0 Å². The number of ether oxygens (including phenoxy) is 1. The first-order valence-electron chi connectivity index (χ1n) is 15.3. The minimum Gasteiger partial charge on any atom is -0.481 e. The van der Waals surface area contributed by atoms with Gasteiger partial charge in [-0.2, -0.15) is 0 Å². The molecule has 43 heavy (non-hydrogen) atoms. The lowest BCUT2D eigenvalue weighted by Crippen LogP contribution is -2.56. The van der Waals surface area contributed by atoms with Gasteiger partial charge in [-0.3, -0.25) is 14.4 Å². The molecule has 2 aliphatic carbocycles. The minimum atomic E-state index is -0.758. The molecular weight excluding hydrogens is 552 g/mol. The molecule has 2 aromatic rings. The third-order valence-corrected chi connectivity index (χ3v) is 9.00. The topological polar surface area (TPSA) is 145 Å². The van der Waals surface area contributed by atoms with Crippen molar-refractivity contribution in [1.29, 1.82) is 0 Å². The first-order valence-corrected chi connectivity index (χ1v) is 15.3. The van der Waals surface area contributed by atoms with Gasteiger partial charge in [-0.05, 0) is 37.0 Å². The fourth-order valence-electron chi connectivity index (χ4n) is 6.24. The molecular formula is C31H38N6O6. The van der Waals surface area contributed by atoms with Crippen molar-refractivity contribution in [2.24, 2.45) is 23.7 Å². The maximum Gasteiger partial charge on any atom is 0.409 e. The third-order valence-electron chi connectivity index (χ3n) is 9.00. The van der Waals surface area contributed by atoms with E-state index in [1.165, 1.54) is 0 Å². The van der Waals surface area contributed by atoms with Crippen LogP contribution in [0, 0.1) is 23.7 Å². The monoisotopic (exact) mass is 590 g/mol. The van der Waals surface area contributed by atoms with Crippen LogP contribution in [0.25, 0.3) is 11.4 Å². The van der Waals surface area contributed by atoms with Crippen molar-refractivity contribution in [3.8, 4) is 11.4 Å². The predicted molar refractivity (Wildman–Crippen MR) is 156 cm³/mol. The maximum absolute atomic E-state index is 13.7. The molecule has 1 aromatic heterocycles. The van der Waals surface area contributed by atoms with Gasteiger partial charge in [0.1, 0.15) is 17.6 Å². The Kier molecular flexibility index (Phi) is 8.18. The molecule has 4 aliphatic rings. The van der Waals surface area contributed by atoms with Crippen LogP contribution in [0.1, 0.15) is 43.1 Å². The number of amides is 3. The molecule has 6 rings (SSSR count). The Bertz CT molecular complexity index is 1360. The summed E-state index contributed by atoms with van der Waals surface area (Å²) in [5.74, 6) is -0.465. The normalized spacial score (nSPS) is 23.4. The van der Waals surface area contributed by atoms with E-state index in [0.717, 1.165) is 31.2 Å². The van der Waals surface area contributed by atoms with Gasteiger partial charge in [0.25, 0.3) is 5.91 Å². The number of aliphatic carboxylic acids is 1. The first-order chi connectivity index (χ1) is 20.8. The van der Waals surface area contributed by atoms with E-state index in [0.29, 0.717) is 57.5 Å². The third kappa shape index (κ3) is 6.28. The number of carboxylic acids is 1. The van der Waals surface area contributed by atoms with Crippen LogP contribution in [0.15, 0.2) is 36.4 Å². The predicted octanol–water partition coefficient (Wildman–Crippen LogP) is 2.50. The van der Waals surface area contributed by atoms with Crippen molar-refractivity contribution >= 4 is 29.7 Å². The number of carbonyl (C=O) groups excluding carboxylic acids is 3. The molecule has 0 radical (unpaired) electrons. The minimum absolute atomic E-state index is 0.0574. The zero-order chi connectivity index (χ0) is 30.1. The molecule has 2 saturated heterocycles. The van der Waals surface area contributed by atoms with Crippen LogP contribution in [0.3, 0.4) is 0 Å². The molecule has 12 heteroatoms. The highest BCUT2D eigenvalue weighted by Gasteiger charge is 2.60. The van der Waals surface area contributed by atoms with Crippen LogP contribution in [-0.2, 0) is 14.3 Å². The van der Waals surface area contributed by atoms with Gasteiger partial charge < -0.3 is 29.9 Å². The van der Waals surface area contributed by atoms with Crippen molar-refractivity contribution < 1.29 is 29.0 Å². The van der Waals surface area contributed by atoms with Crippen LogP contribution < -0.4 is 10.2 Å². The molecule has 12 nitrogen and oxygen atoms in total. The number of benzene rings is 1. The summed E-state index contributed by atoms with van der Waals surface area (Å²) in [6, 6.07) is 10.4. The van der Waals surface area contributed by atoms with Gasteiger partial charge in [-0.25, -0.2) is 14.8 Å². The van der Waals surface area contributed by atoms with Crippen molar-refractivity contribution in [1.82, 2.24) is 25.1 Å². The summed E-state index contributed by atoms with van der Waals surface area (Å²) in [4.78, 5) is 65.8. The van der Waals surface area contributed by atoms with E-state index >= 15 is 0 Å². The molecule has 0 unspecified atom stereocenters. The highest BCUT2D eigenvalue weighted by atomic mass is 16.6. The number of piperidine rings is 1. The van der Waals surface area contributed by atoms with Crippen molar-refractivity contribution in [2.75, 3.05) is 50.8 Å². The molecule has 0 bridgehead atoms. The molecule has 1 aromatic carbocycles. The van der Waals surface area contributed by atoms with Gasteiger partial charge in [0.2, 0.25) is 5.91 Å². The van der Waals surface area contributed by atoms with Crippen LogP contribution >= 0.6 is 0 Å². The Hall–Kier alpha value is -4.22. The Labute approximate surface area is 250 Å². The lowest BCUT2D eigenvalue weighted by molar-refractivity contribution is -0.139. The van der Waals surface area contributed by atoms with E-state index in [1.807, 2.05) is 42.2 Å². The van der Waals surface area contributed by atoms with Gasteiger partial charge in [0, 0.05) is 50.9 Å². The summed E-state index contributed by atoms with van der Waals surface area (Å²) in [7, 11) is 0. The van der Waals surface area contributed by atoms with E-state index in [2.05, 4.69) is 10.3 Å². The van der Waals surface area contributed by atoms with E-state index < -0.39 is 17.9 Å². The number of carboxylic acid groups (broad SMARTS) is 1. The zero-order valence-corrected chi connectivity index (χ0v) is 24.4. The number of carbonyl (C=O) groups is 4. The number of nitrogens with zero attached hydrogens (tertiary/aromatic N) is 5. The Morgan fingerprint density at radius 1 is 1.00 bits per heavy atom. The highest BCUT2D eigenvalue weighted by molar-refractivity contribution is 5.97. The average molecular weight is 591 g/mol. The number of aromatic nitrogens is 2. The number of anilines is 1. The van der Waals surface area contributed by atoms with E-state index in [-0.39, 0.29) is 41.4 Å². The van der Waals surface area contributed by atoms with Crippen LogP contribution in [0.4, 0.5) is 10.6 Å². The number of rotatable bonds is 10. The number of hydrogen-bond donors (Lipinski definition) is 2. The smallest absolute Gasteiger partial charge is 0.409 e. The van der Waals surface area contributed by atoms with Gasteiger partial charge in [0.15, 0.2) is 5.82 Å². The largest absolute Gasteiger partial charge is 0.481 e. The molecule has 228 valence electrons. The molecule has 0 spiro atoms. The molecule has 3 amide bonds. The first kappa shape index (κ1) is 28.9. The maximum atomic E-state index is 13.7. The number of unbranched alkanes of at least 4 members (excludes halogenated alkanes) is 1. The van der Waals surface area contributed by atoms with Crippen LogP contribution in [-0.4, -0.2) is 101 Å². The van der Waals surface area contributed by atoms with E-state index in [4.69, 9.17) is 9.72 Å². The van der Waals surface area contributed by atoms with Crippen molar-refractivity contribution in [2.45, 2.75) is 38.6 Å². The van der Waals surface area contributed by atoms with Gasteiger partial charge in [-0.1, -0.05) is 43.7 Å². The average Bonchev–Trinajstić information content (AvgIpc) is 3.96. The van der Waals surface area contributed by atoms with Gasteiger partial charge >= 0.3 is 12.1 Å². The van der Waals surface area contributed by atoms with Gasteiger partial charge in [-0.15, -0.1) is 0 Å². The SMILES string of the molecule is CCCCOC(=O)N1CCN(C(=O)[C@@H](NC(=O)c2cc(N3C[C@@H]4[C@H](C3)[C@@H]4C(=O)O)nc(-c3ccccc3)n2)C2CC2)CC1. The van der Waals surface area contributed by atoms with Crippen LogP contribution in [0.2, 0.25) is 0 Å². The second-order valence-electron chi connectivity index (χ2n) is 12.0. The summed E-state index contributed by atoms with van der Waals surface area (Å²) in [6.07, 6.45) is 3.12. The standard InChI is InChI=1S/C31H38N6O6/c1-2-3-15-43-31(42)36-13-11-35(12-14-36)29(39)26(19-9-10-19)34-28(38)23-16-24(33-27(32-23)20-7-5-4-6-8-20)37-17-21-22(18-37)25(21)30(40)41/h4-8,16,19,21-22,25-26H,2-3,9-15,17-18H2,1H3,(H,34,38)(H,40,41)/t21-,22+,25-,26-/m0/s1. The second kappa shape index (κ2) is 12.2. The summed E-state index contributed by atoms with van der Waals surface area (Å²) >= 11 is 0. The summed E-state index contributed by atoms with van der Waals surface area (Å²) in [5.41, 5.74) is 0.921. The van der Waals surface area contributed by atoms with Crippen molar-refractivity contribution in [3.05, 3.63) is 42.1 Å². The summed E-state index contributed by atoms with van der Waals surface area (Å²) in [5, 5.41) is 12.4. The Balaban J connectivity index is 1.15. The van der Waals surface area contributed by atoms with E-state index in [1.54, 1.807) is 15.9 Å². The zero-order valence-electron chi connectivity index (χ0n) is 24.4. The molecule has 4 fully saturated rings. The Morgan fingerprint density at radius 2 is 1.67 bits per heavy atom. The lowest BCUT2D eigenvalue weighted by Gasteiger charge is -2.36. The number of hydrogen-bond acceptors (Lipinski definition) is 8. The number of nitrogens with one attached hydrogen (secondary N) is 1. The molecule has 4 atom stereocenters. The fourth-order valence-corrected chi connectivity index (χ4v) is 6.24.